The van der Waals surface area contributed by atoms with Gasteiger partial charge in [-0.3, -0.25) is 0 Å². The standard InChI is InChI=1S/C55H41N/c1-55(2)51-29-17-28-45(39-20-9-4-10-21-39)54(51)50-36-48(40-22-11-5-12-23-40)49(37-52(50)55)41-30-32-43(33-31-41)56(42-24-13-6-14-25-42)53-35-34-44(38-18-7-3-8-19-38)46-26-15-16-27-47(46)53/h3-37H,1-2H3. The predicted molar refractivity (Wildman–Crippen MR) is 238 cm³/mol. The quantitative estimate of drug-likeness (QED) is 0.159. The molecule has 0 bridgehead atoms. The molecule has 9 aromatic carbocycles. The van der Waals surface area contributed by atoms with Crippen LogP contribution in [-0.2, 0) is 5.41 Å². The molecule has 9 aromatic rings. The van der Waals surface area contributed by atoms with Gasteiger partial charge in [-0.05, 0) is 115 Å². The highest BCUT2D eigenvalue weighted by molar-refractivity contribution is 6.06. The van der Waals surface area contributed by atoms with Crippen LogP contribution in [0.2, 0.25) is 0 Å². The van der Waals surface area contributed by atoms with E-state index in [4.69, 9.17) is 0 Å². The van der Waals surface area contributed by atoms with E-state index in [0.29, 0.717) is 0 Å². The van der Waals surface area contributed by atoms with E-state index in [1.54, 1.807) is 0 Å². The fourth-order valence-electron chi connectivity index (χ4n) is 8.93. The zero-order valence-corrected chi connectivity index (χ0v) is 31.7. The van der Waals surface area contributed by atoms with Crippen molar-refractivity contribution in [2.45, 2.75) is 19.3 Å². The van der Waals surface area contributed by atoms with Crippen LogP contribution >= 0.6 is 0 Å². The zero-order valence-electron chi connectivity index (χ0n) is 31.7. The molecule has 0 aromatic heterocycles. The van der Waals surface area contributed by atoms with E-state index >= 15 is 0 Å². The molecule has 10 rings (SSSR count). The lowest BCUT2D eigenvalue weighted by atomic mass is 9.80. The number of para-hydroxylation sites is 1. The highest BCUT2D eigenvalue weighted by Crippen LogP contribution is 2.55. The van der Waals surface area contributed by atoms with Gasteiger partial charge in [0.1, 0.15) is 0 Å². The van der Waals surface area contributed by atoms with Crippen LogP contribution in [0.5, 0.6) is 0 Å². The van der Waals surface area contributed by atoms with Crippen LogP contribution in [0.3, 0.4) is 0 Å². The second kappa shape index (κ2) is 13.7. The summed E-state index contributed by atoms with van der Waals surface area (Å²) >= 11 is 0. The number of anilines is 3. The topological polar surface area (TPSA) is 3.24 Å². The molecular weight excluding hydrogens is 675 g/mol. The van der Waals surface area contributed by atoms with Crippen molar-refractivity contribution in [3.05, 3.63) is 223 Å². The van der Waals surface area contributed by atoms with E-state index < -0.39 is 0 Å². The van der Waals surface area contributed by atoms with Crippen molar-refractivity contribution < 1.29 is 0 Å². The second-order valence-electron chi connectivity index (χ2n) is 15.3. The second-order valence-corrected chi connectivity index (χ2v) is 15.3. The third-order valence-corrected chi connectivity index (χ3v) is 11.7. The molecule has 1 aliphatic rings. The summed E-state index contributed by atoms with van der Waals surface area (Å²) in [5.41, 5.74) is 18.5. The Balaban J connectivity index is 1.13. The summed E-state index contributed by atoms with van der Waals surface area (Å²) in [6.45, 7) is 4.76. The number of hydrogen-bond donors (Lipinski definition) is 0. The molecule has 0 aliphatic heterocycles. The van der Waals surface area contributed by atoms with Crippen LogP contribution in [0.15, 0.2) is 212 Å². The number of hydrogen-bond acceptors (Lipinski definition) is 1. The smallest absolute Gasteiger partial charge is 0.0540 e. The lowest BCUT2D eigenvalue weighted by Gasteiger charge is -2.28. The van der Waals surface area contributed by atoms with Crippen LogP contribution in [0.1, 0.15) is 25.0 Å². The lowest BCUT2D eigenvalue weighted by molar-refractivity contribution is 0.661. The molecule has 0 unspecified atom stereocenters. The van der Waals surface area contributed by atoms with Crippen molar-refractivity contribution >= 4 is 27.8 Å². The number of rotatable bonds is 7. The third-order valence-electron chi connectivity index (χ3n) is 11.7. The molecule has 0 atom stereocenters. The zero-order chi connectivity index (χ0) is 37.6. The lowest BCUT2D eigenvalue weighted by Crippen LogP contribution is -2.15. The first-order valence-corrected chi connectivity index (χ1v) is 19.5. The van der Waals surface area contributed by atoms with Crippen LogP contribution in [0.4, 0.5) is 17.1 Å². The van der Waals surface area contributed by atoms with Crippen molar-refractivity contribution in [3.63, 3.8) is 0 Å². The largest absolute Gasteiger partial charge is 0.310 e. The maximum Gasteiger partial charge on any atom is 0.0540 e. The minimum absolute atomic E-state index is 0.156. The third kappa shape index (κ3) is 5.63. The summed E-state index contributed by atoms with van der Waals surface area (Å²) in [6.07, 6.45) is 0. The molecule has 0 N–H and O–H groups in total. The van der Waals surface area contributed by atoms with Crippen molar-refractivity contribution in [2.75, 3.05) is 4.90 Å². The highest BCUT2D eigenvalue weighted by Gasteiger charge is 2.38. The van der Waals surface area contributed by atoms with Crippen molar-refractivity contribution in [3.8, 4) is 55.6 Å². The van der Waals surface area contributed by atoms with Gasteiger partial charge in [0.25, 0.3) is 0 Å². The summed E-state index contributed by atoms with van der Waals surface area (Å²) in [5.74, 6) is 0. The first-order chi connectivity index (χ1) is 27.6. The molecular formula is C55H41N. The van der Waals surface area contributed by atoms with Crippen LogP contribution in [0.25, 0.3) is 66.4 Å². The van der Waals surface area contributed by atoms with Crippen LogP contribution in [0, 0.1) is 0 Å². The molecule has 0 spiro atoms. The molecule has 266 valence electrons. The van der Waals surface area contributed by atoms with E-state index in [9.17, 15) is 0 Å². The van der Waals surface area contributed by atoms with Gasteiger partial charge in [-0.2, -0.15) is 0 Å². The highest BCUT2D eigenvalue weighted by atomic mass is 15.1. The Kier molecular flexibility index (Phi) is 8.23. The Morgan fingerprint density at radius 2 is 0.821 bits per heavy atom. The molecule has 1 heteroatoms. The summed E-state index contributed by atoms with van der Waals surface area (Å²) in [4.78, 5) is 2.40. The molecule has 0 radical (unpaired) electrons. The van der Waals surface area contributed by atoms with Gasteiger partial charge in [0.2, 0.25) is 0 Å². The number of fused-ring (bicyclic) bond motifs is 4. The Hall–Kier alpha value is -6.96. The van der Waals surface area contributed by atoms with Crippen molar-refractivity contribution in [1.82, 2.24) is 0 Å². The van der Waals surface area contributed by atoms with E-state index in [1.165, 1.54) is 77.5 Å². The van der Waals surface area contributed by atoms with Crippen molar-refractivity contribution in [2.24, 2.45) is 0 Å². The molecule has 1 aliphatic carbocycles. The number of benzene rings is 9. The first kappa shape index (κ1) is 33.6. The predicted octanol–water partition coefficient (Wildman–Crippen LogP) is 15.3. The minimum Gasteiger partial charge on any atom is -0.310 e. The maximum atomic E-state index is 2.48. The monoisotopic (exact) mass is 715 g/mol. The summed E-state index contributed by atoms with van der Waals surface area (Å²) < 4.78 is 0. The van der Waals surface area contributed by atoms with Gasteiger partial charge < -0.3 is 4.90 Å². The van der Waals surface area contributed by atoms with E-state index in [0.717, 1.165) is 17.1 Å². The van der Waals surface area contributed by atoms with Crippen LogP contribution in [-0.4, -0.2) is 0 Å². The molecule has 0 fully saturated rings. The van der Waals surface area contributed by atoms with E-state index in [-0.39, 0.29) is 5.41 Å². The Morgan fingerprint density at radius 1 is 0.321 bits per heavy atom. The fourth-order valence-corrected chi connectivity index (χ4v) is 8.93. The SMILES string of the molecule is CC1(C)c2cc(-c3ccc(N(c4ccccc4)c4ccc(-c5ccccc5)c5ccccc45)cc3)c(-c3ccccc3)cc2-c2c(-c3ccccc3)cccc21. The van der Waals surface area contributed by atoms with Crippen LogP contribution < -0.4 is 4.90 Å². The molecule has 1 nitrogen and oxygen atoms in total. The van der Waals surface area contributed by atoms with E-state index in [2.05, 4.69) is 231 Å². The maximum absolute atomic E-state index is 2.48. The average molecular weight is 716 g/mol. The molecule has 0 amide bonds. The van der Waals surface area contributed by atoms with Crippen molar-refractivity contribution in [1.29, 1.82) is 0 Å². The van der Waals surface area contributed by atoms with Gasteiger partial charge in [-0.1, -0.05) is 184 Å². The first-order valence-electron chi connectivity index (χ1n) is 19.5. The average Bonchev–Trinajstić information content (AvgIpc) is 3.50. The fraction of sp³-hybridized carbons (Fsp3) is 0.0545. The number of nitrogens with zero attached hydrogens (tertiary/aromatic N) is 1. The van der Waals surface area contributed by atoms with Gasteiger partial charge in [0, 0.05) is 22.2 Å². The minimum atomic E-state index is -0.156. The Labute approximate surface area is 329 Å². The van der Waals surface area contributed by atoms with E-state index in [1.807, 2.05) is 0 Å². The van der Waals surface area contributed by atoms with Gasteiger partial charge in [0.15, 0.2) is 0 Å². The Morgan fingerprint density at radius 3 is 1.46 bits per heavy atom. The normalized spacial score (nSPS) is 12.6. The van der Waals surface area contributed by atoms with Gasteiger partial charge >= 0.3 is 0 Å². The molecule has 0 saturated carbocycles. The molecule has 0 heterocycles. The molecule has 56 heavy (non-hydrogen) atoms. The summed E-state index contributed by atoms with van der Waals surface area (Å²) in [6, 6.07) is 77.4. The molecule has 0 saturated heterocycles. The summed E-state index contributed by atoms with van der Waals surface area (Å²) in [5, 5.41) is 2.45. The van der Waals surface area contributed by atoms with Gasteiger partial charge in [-0.25, -0.2) is 0 Å². The Bertz CT molecular complexity index is 2840. The summed E-state index contributed by atoms with van der Waals surface area (Å²) in [7, 11) is 0. The van der Waals surface area contributed by atoms with Gasteiger partial charge in [0.05, 0.1) is 5.69 Å². The van der Waals surface area contributed by atoms with Gasteiger partial charge in [-0.15, -0.1) is 0 Å².